The van der Waals surface area contributed by atoms with Gasteiger partial charge in [-0.1, -0.05) is 20.8 Å². The van der Waals surface area contributed by atoms with Crippen LogP contribution in [0.4, 0.5) is 0 Å². The third-order valence-corrected chi connectivity index (χ3v) is 6.83. The first kappa shape index (κ1) is 11.2. The van der Waals surface area contributed by atoms with E-state index in [1.54, 1.807) is 0 Å². The van der Waals surface area contributed by atoms with Gasteiger partial charge in [0, 0.05) is 11.0 Å². The first-order valence-electron chi connectivity index (χ1n) is 5.56. The average Bonchev–Trinajstić information content (AvgIpc) is 2.11. The molecular formula is C11H21NS2. The zero-order valence-corrected chi connectivity index (χ0v) is 11.1. The molecule has 2 heterocycles. The second kappa shape index (κ2) is 3.91. The first-order chi connectivity index (χ1) is 6.56. The predicted octanol–water partition coefficient (Wildman–Crippen LogP) is 2.96. The molecule has 2 rings (SSSR count). The van der Waals surface area contributed by atoms with Crippen molar-refractivity contribution in [3.63, 3.8) is 0 Å². The summed E-state index contributed by atoms with van der Waals surface area (Å²) in [5.41, 5.74) is 0.456. The SMILES string of the molecule is CC1CCNC2(CSCCC2(C)C)S1. The van der Waals surface area contributed by atoms with Crippen LogP contribution in [0.2, 0.25) is 0 Å². The molecule has 3 heteroatoms. The molecule has 82 valence electrons. The number of nitrogens with one attached hydrogen (secondary N) is 1. The molecule has 2 aliphatic rings. The molecule has 2 unspecified atom stereocenters. The summed E-state index contributed by atoms with van der Waals surface area (Å²) < 4.78 is 0. The summed E-state index contributed by atoms with van der Waals surface area (Å²) in [6.45, 7) is 8.45. The van der Waals surface area contributed by atoms with E-state index in [1.807, 2.05) is 0 Å². The Morgan fingerprint density at radius 1 is 1.36 bits per heavy atom. The minimum absolute atomic E-state index is 0.355. The summed E-state index contributed by atoms with van der Waals surface area (Å²) in [5.74, 6) is 2.63. The molecule has 2 saturated heterocycles. The quantitative estimate of drug-likeness (QED) is 0.688. The number of hydrogen-bond donors (Lipinski definition) is 1. The highest BCUT2D eigenvalue weighted by Gasteiger charge is 2.49. The van der Waals surface area contributed by atoms with Gasteiger partial charge in [0.2, 0.25) is 0 Å². The Labute approximate surface area is 96.2 Å². The Hall–Kier alpha value is 0.660. The van der Waals surface area contributed by atoms with Crippen LogP contribution in [0.25, 0.3) is 0 Å². The molecule has 1 N–H and O–H groups in total. The van der Waals surface area contributed by atoms with E-state index in [2.05, 4.69) is 49.6 Å². The highest BCUT2D eigenvalue weighted by Crippen LogP contribution is 2.51. The fourth-order valence-corrected chi connectivity index (χ4v) is 5.98. The van der Waals surface area contributed by atoms with Crippen molar-refractivity contribution in [3.05, 3.63) is 0 Å². The van der Waals surface area contributed by atoms with Crippen molar-refractivity contribution in [3.8, 4) is 0 Å². The molecule has 14 heavy (non-hydrogen) atoms. The van der Waals surface area contributed by atoms with E-state index in [1.165, 1.54) is 30.9 Å². The van der Waals surface area contributed by atoms with Crippen molar-refractivity contribution in [2.24, 2.45) is 5.41 Å². The second-order valence-electron chi connectivity index (χ2n) is 5.16. The summed E-state index contributed by atoms with van der Waals surface area (Å²) in [7, 11) is 0. The van der Waals surface area contributed by atoms with Crippen LogP contribution in [-0.4, -0.2) is 28.2 Å². The minimum Gasteiger partial charge on any atom is -0.302 e. The summed E-state index contributed by atoms with van der Waals surface area (Å²) in [6, 6.07) is 0. The van der Waals surface area contributed by atoms with Crippen molar-refractivity contribution in [1.82, 2.24) is 5.32 Å². The summed E-state index contributed by atoms with van der Waals surface area (Å²) >= 11 is 4.31. The normalized spacial score (nSPS) is 42.6. The number of rotatable bonds is 0. The first-order valence-corrected chi connectivity index (χ1v) is 7.60. The maximum atomic E-state index is 3.80. The molecule has 2 aliphatic heterocycles. The molecule has 0 aromatic rings. The van der Waals surface area contributed by atoms with Gasteiger partial charge >= 0.3 is 0 Å². The van der Waals surface area contributed by atoms with Crippen molar-refractivity contribution < 1.29 is 0 Å². The van der Waals surface area contributed by atoms with Gasteiger partial charge in [-0.15, -0.1) is 11.8 Å². The molecule has 0 aliphatic carbocycles. The Morgan fingerprint density at radius 2 is 2.14 bits per heavy atom. The Morgan fingerprint density at radius 3 is 2.79 bits per heavy atom. The van der Waals surface area contributed by atoms with Crippen molar-refractivity contribution in [2.45, 2.75) is 43.7 Å². The van der Waals surface area contributed by atoms with E-state index in [0.29, 0.717) is 10.3 Å². The van der Waals surface area contributed by atoms with Crippen LogP contribution in [0.15, 0.2) is 0 Å². The van der Waals surface area contributed by atoms with Gasteiger partial charge in [0.25, 0.3) is 0 Å². The topological polar surface area (TPSA) is 12.0 Å². The van der Waals surface area contributed by atoms with Gasteiger partial charge in [-0.25, -0.2) is 0 Å². The van der Waals surface area contributed by atoms with Crippen LogP contribution in [0.1, 0.15) is 33.6 Å². The molecule has 0 aromatic heterocycles. The average molecular weight is 231 g/mol. The summed E-state index contributed by atoms with van der Waals surface area (Å²) in [5, 5.41) is 4.63. The molecule has 0 bridgehead atoms. The summed E-state index contributed by atoms with van der Waals surface area (Å²) in [4.78, 5) is 0.355. The molecule has 1 nitrogen and oxygen atoms in total. The van der Waals surface area contributed by atoms with Crippen molar-refractivity contribution in [2.75, 3.05) is 18.1 Å². The van der Waals surface area contributed by atoms with Gasteiger partial charge in [-0.05, 0) is 30.6 Å². The lowest BCUT2D eigenvalue weighted by atomic mass is 9.81. The lowest BCUT2D eigenvalue weighted by Gasteiger charge is -2.53. The van der Waals surface area contributed by atoms with Crippen LogP contribution < -0.4 is 5.32 Å². The van der Waals surface area contributed by atoms with E-state index in [9.17, 15) is 0 Å². The zero-order valence-electron chi connectivity index (χ0n) is 9.43. The largest absolute Gasteiger partial charge is 0.302 e. The third-order valence-electron chi connectivity index (χ3n) is 3.63. The fourth-order valence-electron chi connectivity index (χ4n) is 2.35. The number of hydrogen-bond acceptors (Lipinski definition) is 3. The molecular weight excluding hydrogens is 210 g/mol. The predicted molar refractivity (Wildman–Crippen MR) is 68.1 cm³/mol. The van der Waals surface area contributed by atoms with Gasteiger partial charge in [-0.2, -0.15) is 11.8 Å². The molecule has 0 radical (unpaired) electrons. The Kier molecular flexibility index (Phi) is 3.12. The van der Waals surface area contributed by atoms with Gasteiger partial charge < -0.3 is 5.32 Å². The highest BCUT2D eigenvalue weighted by molar-refractivity contribution is 8.04. The molecule has 1 spiro atoms. The lowest BCUT2D eigenvalue weighted by molar-refractivity contribution is 0.209. The van der Waals surface area contributed by atoms with E-state index in [4.69, 9.17) is 0 Å². The van der Waals surface area contributed by atoms with Crippen LogP contribution >= 0.6 is 23.5 Å². The van der Waals surface area contributed by atoms with Gasteiger partial charge in [0.1, 0.15) is 0 Å². The monoisotopic (exact) mass is 231 g/mol. The zero-order chi connectivity index (χ0) is 10.2. The van der Waals surface area contributed by atoms with Crippen LogP contribution in [-0.2, 0) is 0 Å². The van der Waals surface area contributed by atoms with Crippen molar-refractivity contribution in [1.29, 1.82) is 0 Å². The smallest absolute Gasteiger partial charge is 0.0791 e. The highest BCUT2D eigenvalue weighted by atomic mass is 32.2. The molecule has 2 atom stereocenters. The molecule has 0 aromatic carbocycles. The standard InChI is InChI=1S/C11H21NS2/c1-9-4-6-12-11(14-9)8-13-7-5-10(11,2)3/h9,12H,4-8H2,1-3H3. The van der Waals surface area contributed by atoms with Gasteiger partial charge in [0.15, 0.2) is 0 Å². The summed E-state index contributed by atoms with van der Waals surface area (Å²) in [6.07, 6.45) is 2.68. The van der Waals surface area contributed by atoms with E-state index < -0.39 is 0 Å². The van der Waals surface area contributed by atoms with E-state index in [0.717, 1.165) is 5.25 Å². The molecule has 2 fully saturated rings. The van der Waals surface area contributed by atoms with Gasteiger partial charge in [0.05, 0.1) is 4.87 Å². The maximum Gasteiger partial charge on any atom is 0.0791 e. The number of thioether (sulfide) groups is 2. The molecule has 0 saturated carbocycles. The van der Waals surface area contributed by atoms with E-state index >= 15 is 0 Å². The third kappa shape index (κ3) is 1.83. The fraction of sp³-hybridized carbons (Fsp3) is 1.00. The van der Waals surface area contributed by atoms with Gasteiger partial charge in [-0.3, -0.25) is 0 Å². The van der Waals surface area contributed by atoms with Crippen LogP contribution in [0.3, 0.4) is 0 Å². The minimum atomic E-state index is 0.355. The van der Waals surface area contributed by atoms with E-state index in [-0.39, 0.29) is 0 Å². The lowest BCUT2D eigenvalue weighted by Crippen LogP contribution is -2.60. The Balaban J connectivity index is 2.18. The second-order valence-corrected chi connectivity index (χ2v) is 8.00. The Bertz CT molecular complexity index is 213. The molecule has 0 amide bonds. The maximum absolute atomic E-state index is 3.80. The van der Waals surface area contributed by atoms with Crippen LogP contribution in [0.5, 0.6) is 0 Å². The van der Waals surface area contributed by atoms with Crippen LogP contribution in [0, 0.1) is 5.41 Å². The van der Waals surface area contributed by atoms with Crippen molar-refractivity contribution >= 4 is 23.5 Å².